The molecule has 2 aliphatic carbocycles. The Labute approximate surface area is 95.6 Å². The van der Waals surface area contributed by atoms with Crippen LogP contribution in [0, 0.1) is 11.8 Å². The molecular formula is C13H19Br. The maximum Gasteiger partial charge on any atom is 0.00928 e. The van der Waals surface area contributed by atoms with E-state index in [1.54, 1.807) is 5.57 Å². The highest BCUT2D eigenvalue weighted by atomic mass is 79.9. The lowest BCUT2D eigenvalue weighted by Crippen LogP contribution is -1.95. The summed E-state index contributed by atoms with van der Waals surface area (Å²) in [6.07, 6.45) is 13.0. The van der Waals surface area contributed by atoms with Crippen LogP contribution in [0.15, 0.2) is 22.2 Å². The van der Waals surface area contributed by atoms with Gasteiger partial charge in [0.2, 0.25) is 0 Å². The van der Waals surface area contributed by atoms with Crippen LogP contribution in [0.5, 0.6) is 0 Å². The van der Waals surface area contributed by atoms with Crippen LogP contribution in [0.3, 0.4) is 0 Å². The quantitative estimate of drug-likeness (QED) is 0.488. The minimum atomic E-state index is 0.737. The van der Waals surface area contributed by atoms with Crippen LogP contribution in [-0.2, 0) is 0 Å². The third kappa shape index (κ3) is 1.98. The van der Waals surface area contributed by atoms with Gasteiger partial charge in [-0.15, -0.1) is 0 Å². The van der Waals surface area contributed by atoms with Gasteiger partial charge in [0.1, 0.15) is 0 Å². The van der Waals surface area contributed by atoms with E-state index >= 15 is 0 Å². The van der Waals surface area contributed by atoms with Crippen molar-refractivity contribution in [3.05, 3.63) is 22.2 Å². The second-order valence-corrected chi connectivity index (χ2v) is 5.37. The standard InChI is InChI=1S/C13H19Br/c1-2-3-4-5-6-12-10-7-8-11(9-10)13(12)14/h7-8,10-11H,2-6,9H2,1H3. The highest BCUT2D eigenvalue weighted by Crippen LogP contribution is 2.48. The topological polar surface area (TPSA) is 0 Å². The van der Waals surface area contributed by atoms with E-state index < -0.39 is 0 Å². The van der Waals surface area contributed by atoms with Crippen LogP contribution in [0.25, 0.3) is 0 Å². The Hall–Kier alpha value is -0.0400. The molecule has 0 saturated carbocycles. The van der Waals surface area contributed by atoms with Crippen LogP contribution in [-0.4, -0.2) is 0 Å². The van der Waals surface area contributed by atoms with E-state index in [0.717, 1.165) is 11.8 Å². The molecule has 2 bridgehead atoms. The van der Waals surface area contributed by atoms with Gasteiger partial charge in [0.25, 0.3) is 0 Å². The summed E-state index contributed by atoms with van der Waals surface area (Å²) in [6, 6.07) is 0. The zero-order valence-electron chi connectivity index (χ0n) is 8.93. The van der Waals surface area contributed by atoms with Gasteiger partial charge in [-0.25, -0.2) is 0 Å². The van der Waals surface area contributed by atoms with Crippen molar-refractivity contribution < 1.29 is 0 Å². The van der Waals surface area contributed by atoms with Crippen molar-refractivity contribution in [1.29, 1.82) is 0 Å². The lowest BCUT2D eigenvalue weighted by Gasteiger charge is -2.11. The summed E-state index contributed by atoms with van der Waals surface area (Å²) in [5.41, 5.74) is 1.70. The molecule has 2 unspecified atom stereocenters. The Bertz CT molecular complexity index is 262. The molecule has 0 nitrogen and oxygen atoms in total. The number of unbranched alkanes of at least 4 members (excludes halogenated alkanes) is 3. The second-order valence-electron chi connectivity index (χ2n) is 4.52. The molecule has 0 aromatic carbocycles. The number of allylic oxidation sites excluding steroid dienone is 4. The van der Waals surface area contributed by atoms with E-state index in [1.807, 2.05) is 0 Å². The van der Waals surface area contributed by atoms with Gasteiger partial charge in [0.05, 0.1) is 0 Å². The molecule has 0 aromatic heterocycles. The minimum absolute atomic E-state index is 0.737. The summed E-state index contributed by atoms with van der Waals surface area (Å²) in [5, 5.41) is 0. The van der Waals surface area contributed by atoms with E-state index in [0.29, 0.717) is 0 Å². The van der Waals surface area contributed by atoms with E-state index in [2.05, 4.69) is 35.0 Å². The van der Waals surface area contributed by atoms with Crippen molar-refractivity contribution in [3.63, 3.8) is 0 Å². The van der Waals surface area contributed by atoms with Crippen LogP contribution >= 0.6 is 15.9 Å². The summed E-state index contributed by atoms with van der Waals surface area (Å²) >= 11 is 3.76. The zero-order valence-corrected chi connectivity index (χ0v) is 10.5. The fourth-order valence-electron chi connectivity index (χ4n) is 2.61. The molecule has 14 heavy (non-hydrogen) atoms. The number of hydrogen-bond acceptors (Lipinski definition) is 0. The van der Waals surface area contributed by atoms with Crippen LogP contribution in [0.1, 0.15) is 45.4 Å². The van der Waals surface area contributed by atoms with Gasteiger partial charge in [0, 0.05) is 10.4 Å². The fraction of sp³-hybridized carbons (Fsp3) is 0.692. The molecule has 0 N–H and O–H groups in total. The van der Waals surface area contributed by atoms with Gasteiger partial charge >= 0.3 is 0 Å². The summed E-state index contributed by atoms with van der Waals surface area (Å²) in [7, 11) is 0. The Morgan fingerprint density at radius 1 is 1.21 bits per heavy atom. The minimum Gasteiger partial charge on any atom is -0.0806 e. The van der Waals surface area contributed by atoms with Gasteiger partial charge in [-0.2, -0.15) is 0 Å². The molecule has 0 aliphatic heterocycles. The summed E-state index contributed by atoms with van der Waals surface area (Å²) in [6.45, 7) is 2.27. The number of rotatable bonds is 5. The SMILES string of the molecule is CCCCCCC1=C(Br)C2C=CC1C2. The molecule has 0 fully saturated rings. The van der Waals surface area contributed by atoms with E-state index in [1.165, 1.54) is 43.0 Å². The first-order valence-corrected chi connectivity index (χ1v) is 6.69. The first-order valence-electron chi connectivity index (χ1n) is 5.89. The monoisotopic (exact) mass is 254 g/mol. The maximum absolute atomic E-state index is 3.76. The average Bonchev–Trinajstić information content (AvgIpc) is 2.75. The fourth-order valence-corrected chi connectivity index (χ4v) is 3.44. The molecule has 0 heterocycles. The Balaban J connectivity index is 1.81. The number of fused-ring (bicyclic) bond motifs is 2. The van der Waals surface area contributed by atoms with E-state index in [9.17, 15) is 0 Å². The third-order valence-corrected chi connectivity index (χ3v) is 4.56. The predicted molar refractivity (Wildman–Crippen MR) is 65.4 cm³/mol. The lowest BCUT2D eigenvalue weighted by atomic mass is 9.97. The largest absolute Gasteiger partial charge is 0.0806 e. The highest BCUT2D eigenvalue weighted by molar-refractivity contribution is 9.11. The molecule has 0 aromatic rings. The highest BCUT2D eigenvalue weighted by Gasteiger charge is 2.32. The smallest absolute Gasteiger partial charge is 0.00928 e. The molecule has 0 spiro atoms. The molecular weight excluding hydrogens is 236 g/mol. The van der Waals surface area contributed by atoms with Gasteiger partial charge in [0.15, 0.2) is 0 Å². The van der Waals surface area contributed by atoms with Crippen LogP contribution < -0.4 is 0 Å². The zero-order chi connectivity index (χ0) is 9.97. The van der Waals surface area contributed by atoms with E-state index in [-0.39, 0.29) is 0 Å². The molecule has 0 amide bonds. The molecule has 2 aliphatic rings. The van der Waals surface area contributed by atoms with Gasteiger partial charge in [-0.05, 0) is 25.2 Å². The Morgan fingerprint density at radius 2 is 2.00 bits per heavy atom. The molecule has 0 radical (unpaired) electrons. The lowest BCUT2D eigenvalue weighted by molar-refractivity contribution is 0.631. The molecule has 0 saturated heterocycles. The van der Waals surface area contributed by atoms with Gasteiger partial charge < -0.3 is 0 Å². The predicted octanol–water partition coefficient (Wildman–Crippen LogP) is 4.81. The van der Waals surface area contributed by atoms with Crippen LogP contribution in [0.4, 0.5) is 0 Å². The maximum atomic E-state index is 3.76. The normalized spacial score (nSPS) is 29.3. The number of halogens is 1. The van der Waals surface area contributed by atoms with Crippen LogP contribution in [0.2, 0.25) is 0 Å². The van der Waals surface area contributed by atoms with E-state index in [4.69, 9.17) is 0 Å². The van der Waals surface area contributed by atoms with Crippen molar-refractivity contribution in [2.45, 2.75) is 45.4 Å². The van der Waals surface area contributed by atoms with Crippen molar-refractivity contribution in [2.75, 3.05) is 0 Å². The Kier molecular flexibility index (Phi) is 3.48. The van der Waals surface area contributed by atoms with Crippen molar-refractivity contribution >= 4 is 15.9 Å². The molecule has 2 atom stereocenters. The average molecular weight is 255 g/mol. The molecule has 2 rings (SSSR count). The summed E-state index contributed by atoms with van der Waals surface area (Å²) in [5.74, 6) is 1.53. The molecule has 1 heteroatoms. The van der Waals surface area contributed by atoms with Gasteiger partial charge in [-0.3, -0.25) is 0 Å². The van der Waals surface area contributed by atoms with Crippen molar-refractivity contribution in [3.8, 4) is 0 Å². The van der Waals surface area contributed by atoms with Gasteiger partial charge in [-0.1, -0.05) is 59.8 Å². The second kappa shape index (κ2) is 4.65. The third-order valence-electron chi connectivity index (χ3n) is 3.46. The van der Waals surface area contributed by atoms with Crippen molar-refractivity contribution in [2.24, 2.45) is 11.8 Å². The summed E-state index contributed by atoms with van der Waals surface area (Å²) in [4.78, 5) is 0. The first kappa shape index (κ1) is 10.5. The molecule has 78 valence electrons. The van der Waals surface area contributed by atoms with Crippen molar-refractivity contribution in [1.82, 2.24) is 0 Å². The Morgan fingerprint density at radius 3 is 2.64 bits per heavy atom. The first-order chi connectivity index (χ1) is 6.83. The summed E-state index contributed by atoms with van der Waals surface area (Å²) < 4.78 is 1.52. The number of hydrogen-bond donors (Lipinski definition) is 0.